The number of methoxy groups -OCH3 is 1. The van der Waals surface area contributed by atoms with Gasteiger partial charge in [-0.2, -0.15) is 15.0 Å². The van der Waals surface area contributed by atoms with Gasteiger partial charge in [0.2, 0.25) is 11.2 Å². The van der Waals surface area contributed by atoms with E-state index in [1.807, 2.05) is 24.3 Å². The number of hydrogen-bond acceptors (Lipinski definition) is 7. The molecule has 2 heterocycles. The van der Waals surface area contributed by atoms with Crippen LogP contribution in [0.4, 0.5) is 11.6 Å². The number of nitrogens with one attached hydrogen (secondary N) is 1. The largest absolute Gasteiger partial charge is 0.467 e. The van der Waals surface area contributed by atoms with Crippen LogP contribution in [0.1, 0.15) is 5.56 Å². The predicted molar refractivity (Wildman–Crippen MR) is 104 cm³/mol. The number of anilines is 2. The van der Waals surface area contributed by atoms with E-state index in [1.54, 1.807) is 11.3 Å². The summed E-state index contributed by atoms with van der Waals surface area (Å²) in [6.07, 6.45) is 0. The molecular weight excluding hydrogens is 370 g/mol. The fourth-order valence-corrected chi connectivity index (χ4v) is 3.68. The van der Waals surface area contributed by atoms with Crippen LogP contribution in [0.5, 0.6) is 6.01 Å². The first-order valence-corrected chi connectivity index (χ1v) is 9.00. The van der Waals surface area contributed by atoms with Gasteiger partial charge < -0.3 is 10.1 Å². The maximum atomic E-state index is 5.86. The molecule has 0 spiro atoms. The lowest BCUT2D eigenvalue weighted by atomic mass is 10.2. The van der Waals surface area contributed by atoms with Crippen LogP contribution >= 0.6 is 22.9 Å². The highest BCUT2D eigenvalue weighted by Gasteiger charge is 2.08. The average molecular weight is 384 g/mol. The number of ether oxygens (including phenoxy) is 1. The molecule has 8 heteroatoms. The van der Waals surface area contributed by atoms with Crippen LogP contribution in [0.15, 0.2) is 42.5 Å². The van der Waals surface area contributed by atoms with Gasteiger partial charge in [0.1, 0.15) is 5.01 Å². The van der Waals surface area contributed by atoms with Gasteiger partial charge in [0.25, 0.3) is 0 Å². The van der Waals surface area contributed by atoms with E-state index in [9.17, 15) is 0 Å². The number of thiazole rings is 1. The number of halogens is 1. The summed E-state index contributed by atoms with van der Waals surface area (Å²) in [4.78, 5) is 16.7. The number of fused-ring (bicyclic) bond motifs is 1. The highest BCUT2D eigenvalue weighted by molar-refractivity contribution is 7.21. The third kappa shape index (κ3) is 3.44. The van der Waals surface area contributed by atoms with Crippen LogP contribution in [0.2, 0.25) is 5.28 Å². The number of aryl methyl sites for hydroxylation is 1. The average Bonchev–Trinajstić information content (AvgIpc) is 3.05. The van der Waals surface area contributed by atoms with Gasteiger partial charge in [-0.05, 0) is 60.5 Å². The summed E-state index contributed by atoms with van der Waals surface area (Å²) < 4.78 is 6.18. The van der Waals surface area contributed by atoms with Crippen molar-refractivity contribution < 1.29 is 4.74 Å². The molecule has 2 aromatic carbocycles. The third-order valence-electron chi connectivity index (χ3n) is 3.70. The lowest BCUT2D eigenvalue weighted by molar-refractivity contribution is 0.379. The lowest BCUT2D eigenvalue weighted by Crippen LogP contribution is -2.01. The van der Waals surface area contributed by atoms with E-state index in [-0.39, 0.29) is 11.3 Å². The Hall–Kier alpha value is -2.77. The molecule has 0 bridgehead atoms. The third-order valence-corrected chi connectivity index (χ3v) is 4.94. The van der Waals surface area contributed by atoms with Crippen molar-refractivity contribution in [2.75, 3.05) is 12.4 Å². The number of rotatable bonds is 4. The van der Waals surface area contributed by atoms with Gasteiger partial charge in [0, 0.05) is 11.3 Å². The molecule has 0 saturated carbocycles. The molecule has 0 aliphatic rings. The Bertz CT molecular complexity index is 1080. The van der Waals surface area contributed by atoms with Crippen molar-refractivity contribution in [3.63, 3.8) is 0 Å². The Labute approximate surface area is 158 Å². The van der Waals surface area contributed by atoms with Gasteiger partial charge in [0.15, 0.2) is 0 Å². The van der Waals surface area contributed by atoms with Crippen molar-refractivity contribution in [1.82, 2.24) is 19.9 Å². The van der Waals surface area contributed by atoms with Crippen molar-refractivity contribution in [3.05, 3.63) is 53.3 Å². The van der Waals surface area contributed by atoms with Crippen LogP contribution < -0.4 is 10.1 Å². The molecule has 4 aromatic rings. The first-order valence-electron chi connectivity index (χ1n) is 7.81. The molecule has 0 unspecified atom stereocenters. The quantitative estimate of drug-likeness (QED) is 0.542. The summed E-state index contributed by atoms with van der Waals surface area (Å²) >= 11 is 7.54. The van der Waals surface area contributed by atoms with Crippen molar-refractivity contribution in [2.45, 2.75) is 6.92 Å². The minimum Gasteiger partial charge on any atom is -0.467 e. The van der Waals surface area contributed by atoms with Crippen molar-refractivity contribution in [3.8, 4) is 16.6 Å². The summed E-state index contributed by atoms with van der Waals surface area (Å²) in [5, 5.41) is 4.15. The molecule has 26 heavy (non-hydrogen) atoms. The minimum atomic E-state index is 0.0701. The zero-order valence-corrected chi connectivity index (χ0v) is 15.6. The second-order valence-electron chi connectivity index (χ2n) is 5.61. The Morgan fingerprint density at radius 1 is 1.00 bits per heavy atom. The molecule has 6 nitrogen and oxygen atoms in total. The number of hydrogen-bond donors (Lipinski definition) is 1. The summed E-state index contributed by atoms with van der Waals surface area (Å²) in [6.45, 7) is 2.09. The van der Waals surface area contributed by atoms with Gasteiger partial charge in [0.05, 0.1) is 17.3 Å². The van der Waals surface area contributed by atoms with E-state index in [1.165, 1.54) is 17.4 Å². The molecule has 0 radical (unpaired) electrons. The van der Waals surface area contributed by atoms with Crippen LogP contribution in [-0.4, -0.2) is 27.0 Å². The molecule has 1 N–H and O–H groups in total. The molecule has 0 fully saturated rings. The Morgan fingerprint density at radius 3 is 2.58 bits per heavy atom. The summed E-state index contributed by atoms with van der Waals surface area (Å²) in [5.74, 6) is 0.324. The summed E-state index contributed by atoms with van der Waals surface area (Å²) in [6, 6.07) is 14.3. The van der Waals surface area contributed by atoms with E-state index in [0.717, 1.165) is 21.8 Å². The van der Waals surface area contributed by atoms with E-state index < -0.39 is 0 Å². The van der Waals surface area contributed by atoms with E-state index in [0.29, 0.717) is 5.95 Å². The number of aromatic nitrogens is 4. The molecule has 0 aliphatic heterocycles. The molecule has 0 amide bonds. The number of benzene rings is 2. The first kappa shape index (κ1) is 16.7. The first-order chi connectivity index (χ1) is 12.6. The standard InChI is InChI=1S/C18H14ClN5OS/c1-10-3-8-13-14(9-10)26-15(21-13)11-4-6-12(7-5-11)20-17-22-16(19)23-18(24-17)25-2/h3-9H,1-2H3,(H,20,22,23,24). The summed E-state index contributed by atoms with van der Waals surface area (Å²) in [7, 11) is 1.48. The van der Waals surface area contributed by atoms with E-state index >= 15 is 0 Å². The second-order valence-corrected chi connectivity index (χ2v) is 6.98. The maximum absolute atomic E-state index is 5.86. The molecule has 0 atom stereocenters. The molecule has 0 aliphatic carbocycles. The van der Waals surface area contributed by atoms with Crippen LogP contribution in [0, 0.1) is 6.92 Å². The molecule has 4 rings (SSSR count). The smallest absolute Gasteiger partial charge is 0.322 e. The Balaban J connectivity index is 1.59. The fourth-order valence-electron chi connectivity index (χ4n) is 2.46. The van der Waals surface area contributed by atoms with Crippen molar-refractivity contribution >= 4 is 44.8 Å². The summed E-state index contributed by atoms with van der Waals surface area (Å²) in [5.41, 5.74) is 4.14. The topological polar surface area (TPSA) is 72.8 Å². The Kier molecular flexibility index (Phi) is 4.40. The zero-order valence-electron chi connectivity index (χ0n) is 14.0. The van der Waals surface area contributed by atoms with Crippen LogP contribution in [0.25, 0.3) is 20.8 Å². The molecule has 0 saturated heterocycles. The molecular formula is C18H14ClN5OS. The van der Waals surface area contributed by atoms with Gasteiger partial charge in [-0.15, -0.1) is 11.3 Å². The van der Waals surface area contributed by atoms with E-state index in [4.69, 9.17) is 21.3 Å². The number of nitrogens with zero attached hydrogens (tertiary/aromatic N) is 4. The van der Waals surface area contributed by atoms with Crippen LogP contribution in [-0.2, 0) is 0 Å². The molecule has 130 valence electrons. The minimum absolute atomic E-state index is 0.0701. The van der Waals surface area contributed by atoms with E-state index in [2.05, 4.69) is 45.4 Å². The van der Waals surface area contributed by atoms with Crippen molar-refractivity contribution in [1.29, 1.82) is 0 Å². The molecule has 2 aromatic heterocycles. The van der Waals surface area contributed by atoms with Crippen molar-refractivity contribution in [2.24, 2.45) is 0 Å². The maximum Gasteiger partial charge on any atom is 0.322 e. The van der Waals surface area contributed by atoms with Gasteiger partial charge in [-0.1, -0.05) is 6.07 Å². The Morgan fingerprint density at radius 2 is 1.81 bits per heavy atom. The van der Waals surface area contributed by atoms with Gasteiger partial charge >= 0.3 is 6.01 Å². The normalized spacial score (nSPS) is 10.9. The lowest BCUT2D eigenvalue weighted by Gasteiger charge is -2.06. The second kappa shape index (κ2) is 6.86. The van der Waals surface area contributed by atoms with Gasteiger partial charge in [-0.25, -0.2) is 4.98 Å². The predicted octanol–water partition coefficient (Wildman–Crippen LogP) is 4.86. The highest BCUT2D eigenvalue weighted by Crippen LogP contribution is 2.31. The SMILES string of the molecule is COc1nc(Cl)nc(Nc2ccc(-c3nc4ccc(C)cc4s3)cc2)n1. The van der Waals surface area contributed by atoms with Crippen LogP contribution in [0.3, 0.4) is 0 Å². The zero-order chi connectivity index (χ0) is 18.1. The highest BCUT2D eigenvalue weighted by atomic mass is 35.5. The fraction of sp³-hybridized carbons (Fsp3) is 0.111. The van der Waals surface area contributed by atoms with Gasteiger partial charge in [-0.3, -0.25) is 0 Å². The monoisotopic (exact) mass is 383 g/mol.